The summed E-state index contributed by atoms with van der Waals surface area (Å²) in [5, 5.41) is 13.3. The van der Waals surface area contributed by atoms with Crippen LogP contribution in [-0.4, -0.2) is 43.2 Å². The third-order valence-corrected chi connectivity index (χ3v) is 3.52. The Balaban J connectivity index is 2.51. The highest BCUT2D eigenvalue weighted by molar-refractivity contribution is 7.10. The molecule has 1 heterocycles. The number of thiophene rings is 1. The van der Waals surface area contributed by atoms with Gasteiger partial charge in [-0.2, -0.15) is 0 Å². The maximum atomic E-state index is 11.2. The van der Waals surface area contributed by atoms with Gasteiger partial charge < -0.3 is 15.3 Å². The summed E-state index contributed by atoms with van der Waals surface area (Å²) in [6.07, 6.45) is 1.01. The Kier molecular flexibility index (Phi) is 7.19. The summed E-state index contributed by atoms with van der Waals surface area (Å²) >= 11 is 1.67. The van der Waals surface area contributed by atoms with E-state index in [2.05, 4.69) is 22.1 Å². The minimum atomic E-state index is 0.0565. The number of aliphatic hydroxyl groups excluding tert-OH is 1. The quantitative estimate of drug-likeness (QED) is 0.766. The van der Waals surface area contributed by atoms with E-state index in [1.54, 1.807) is 18.4 Å². The van der Waals surface area contributed by atoms with E-state index < -0.39 is 0 Å². The predicted octanol–water partition coefficient (Wildman–Crippen LogP) is 1.05. The fourth-order valence-corrected chi connectivity index (χ4v) is 2.44. The molecule has 1 aromatic heterocycles. The number of hydrogen-bond donors (Lipinski definition) is 2. The van der Waals surface area contributed by atoms with Gasteiger partial charge in [-0.25, -0.2) is 0 Å². The lowest BCUT2D eigenvalue weighted by Gasteiger charge is -2.15. The first-order valence-electron chi connectivity index (χ1n) is 6.22. The van der Waals surface area contributed by atoms with Crippen molar-refractivity contribution < 1.29 is 9.90 Å². The minimum absolute atomic E-state index is 0.0565. The van der Waals surface area contributed by atoms with Crippen LogP contribution in [0.2, 0.25) is 0 Å². The molecule has 0 atom stereocenters. The number of carbonyl (C=O) groups excluding carboxylic acids is 1. The normalized spacial score (nSPS) is 10.1. The van der Waals surface area contributed by atoms with E-state index >= 15 is 0 Å². The van der Waals surface area contributed by atoms with Gasteiger partial charge in [0, 0.05) is 43.4 Å². The largest absolute Gasteiger partial charge is 0.395 e. The lowest BCUT2D eigenvalue weighted by atomic mass is 10.2. The first-order valence-corrected chi connectivity index (χ1v) is 7.10. The number of amides is 1. The monoisotopic (exact) mass is 280 g/mol. The Labute approximate surface area is 118 Å². The molecule has 0 spiro atoms. The molecular formula is C14H20N2O2S. The summed E-state index contributed by atoms with van der Waals surface area (Å²) in [4.78, 5) is 14.5. The maximum Gasteiger partial charge on any atom is 0.221 e. The van der Waals surface area contributed by atoms with E-state index in [0.717, 1.165) is 18.7 Å². The zero-order valence-electron chi connectivity index (χ0n) is 11.4. The summed E-state index contributed by atoms with van der Waals surface area (Å²) in [5.74, 6) is 6.06. The highest BCUT2D eigenvalue weighted by atomic mass is 32.1. The Hall–Kier alpha value is -1.35. The van der Waals surface area contributed by atoms with Crippen molar-refractivity contribution in [1.29, 1.82) is 0 Å². The Morgan fingerprint density at radius 2 is 2.37 bits per heavy atom. The van der Waals surface area contributed by atoms with Gasteiger partial charge in [0.2, 0.25) is 5.91 Å². The second kappa shape index (κ2) is 8.70. The van der Waals surface area contributed by atoms with Crippen LogP contribution in [0.25, 0.3) is 0 Å². The standard InChI is InChI=1S/C14H20N2O2S/c1-15-14(18)6-8-16(2)11-13-12(7-10-19-13)5-3-4-9-17/h7,10,17H,4,6,8-9,11H2,1-2H3,(H,15,18). The molecule has 1 rings (SSSR count). The molecule has 0 bridgehead atoms. The van der Waals surface area contributed by atoms with Crippen molar-refractivity contribution >= 4 is 17.2 Å². The van der Waals surface area contributed by atoms with Crippen LogP contribution < -0.4 is 5.32 Å². The summed E-state index contributed by atoms with van der Waals surface area (Å²) in [6.45, 7) is 1.61. The van der Waals surface area contributed by atoms with Gasteiger partial charge in [-0.15, -0.1) is 11.3 Å². The van der Waals surface area contributed by atoms with Crippen molar-refractivity contribution in [3.63, 3.8) is 0 Å². The molecule has 0 aliphatic carbocycles. The van der Waals surface area contributed by atoms with Crippen LogP contribution in [0.4, 0.5) is 0 Å². The van der Waals surface area contributed by atoms with E-state index in [0.29, 0.717) is 12.8 Å². The van der Waals surface area contributed by atoms with Crippen molar-refractivity contribution in [2.24, 2.45) is 0 Å². The summed E-state index contributed by atoms with van der Waals surface area (Å²) in [5.41, 5.74) is 1.02. The van der Waals surface area contributed by atoms with Gasteiger partial charge >= 0.3 is 0 Å². The van der Waals surface area contributed by atoms with E-state index in [1.165, 1.54) is 4.88 Å². The van der Waals surface area contributed by atoms with Crippen LogP contribution in [0, 0.1) is 11.8 Å². The van der Waals surface area contributed by atoms with Crippen LogP contribution in [0.15, 0.2) is 11.4 Å². The number of aliphatic hydroxyl groups is 1. The van der Waals surface area contributed by atoms with E-state index in [9.17, 15) is 4.79 Å². The molecular weight excluding hydrogens is 260 g/mol. The van der Waals surface area contributed by atoms with Crippen molar-refractivity contribution in [3.8, 4) is 11.8 Å². The Morgan fingerprint density at radius 1 is 1.58 bits per heavy atom. The van der Waals surface area contributed by atoms with Crippen LogP contribution in [0.1, 0.15) is 23.3 Å². The van der Waals surface area contributed by atoms with E-state index in [-0.39, 0.29) is 12.5 Å². The highest BCUT2D eigenvalue weighted by Gasteiger charge is 2.07. The SMILES string of the molecule is CNC(=O)CCN(C)Cc1sccc1C#CCCO. The molecule has 2 N–H and O–H groups in total. The van der Waals surface area contributed by atoms with Crippen molar-refractivity contribution in [2.75, 3.05) is 27.2 Å². The zero-order valence-corrected chi connectivity index (χ0v) is 12.2. The molecule has 0 saturated carbocycles. The molecule has 1 amide bonds. The number of rotatable bonds is 6. The zero-order chi connectivity index (χ0) is 14.1. The highest BCUT2D eigenvalue weighted by Crippen LogP contribution is 2.17. The molecule has 0 aliphatic rings. The first kappa shape index (κ1) is 15.7. The molecule has 4 nitrogen and oxygen atoms in total. The number of hydrogen-bond acceptors (Lipinski definition) is 4. The minimum Gasteiger partial charge on any atom is -0.395 e. The van der Waals surface area contributed by atoms with Gasteiger partial charge in [-0.1, -0.05) is 11.8 Å². The van der Waals surface area contributed by atoms with Crippen molar-refractivity contribution in [3.05, 3.63) is 21.9 Å². The molecule has 0 aromatic carbocycles. The van der Waals surface area contributed by atoms with Gasteiger partial charge in [0.25, 0.3) is 0 Å². The fourth-order valence-electron chi connectivity index (χ4n) is 1.53. The summed E-state index contributed by atoms with van der Waals surface area (Å²) < 4.78 is 0. The van der Waals surface area contributed by atoms with Crippen molar-refractivity contribution in [2.45, 2.75) is 19.4 Å². The lowest BCUT2D eigenvalue weighted by molar-refractivity contribution is -0.120. The molecule has 5 heteroatoms. The topological polar surface area (TPSA) is 52.6 Å². The molecule has 19 heavy (non-hydrogen) atoms. The smallest absolute Gasteiger partial charge is 0.221 e. The number of carbonyl (C=O) groups is 1. The Bertz CT molecular complexity index is 460. The molecule has 104 valence electrons. The first-order chi connectivity index (χ1) is 9.17. The predicted molar refractivity (Wildman–Crippen MR) is 77.9 cm³/mol. The third-order valence-electron chi connectivity index (χ3n) is 2.62. The fraction of sp³-hybridized carbons (Fsp3) is 0.500. The van der Waals surface area contributed by atoms with Gasteiger partial charge in [-0.05, 0) is 18.5 Å². The van der Waals surface area contributed by atoms with Gasteiger partial charge in [-0.3, -0.25) is 4.79 Å². The molecule has 1 aromatic rings. The average Bonchev–Trinajstić information content (AvgIpc) is 2.83. The lowest BCUT2D eigenvalue weighted by Crippen LogP contribution is -2.26. The van der Waals surface area contributed by atoms with Gasteiger partial charge in [0.1, 0.15) is 0 Å². The molecule has 0 radical (unpaired) electrons. The molecule has 0 saturated heterocycles. The second-order valence-electron chi connectivity index (χ2n) is 4.19. The molecule has 0 aliphatic heterocycles. The molecule has 0 fully saturated rings. The summed E-state index contributed by atoms with van der Waals surface area (Å²) in [7, 11) is 3.64. The maximum absolute atomic E-state index is 11.2. The second-order valence-corrected chi connectivity index (χ2v) is 5.19. The van der Waals surface area contributed by atoms with E-state index in [4.69, 9.17) is 5.11 Å². The van der Waals surface area contributed by atoms with Crippen LogP contribution in [0.3, 0.4) is 0 Å². The van der Waals surface area contributed by atoms with Crippen LogP contribution >= 0.6 is 11.3 Å². The molecule has 0 unspecified atom stereocenters. The average molecular weight is 280 g/mol. The number of nitrogens with zero attached hydrogens (tertiary/aromatic N) is 1. The third kappa shape index (κ3) is 5.88. The van der Waals surface area contributed by atoms with Crippen molar-refractivity contribution in [1.82, 2.24) is 10.2 Å². The van der Waals surface area contributed by atoms with Gasteiger partial charge in [0.05, 0.1) is 6.61 Å². The van der Waals surface area contributed by atoms with Crippen LogP contribution in [-0.2, 0) is 11.3 Å². The van der Waals surface area contributed by atoms with E-state index in [1.807, 2.05) is 18.5 Å². The number of nitrogens with one attached hydrogen (secondary N) is 1. The Morgan fingerprint density at radius 3 is 3.05 bits per heavy atom. The van der Waals surface area contributed by atoms with Crippen LogP contribution in [0.5, 0.6) is 0 Å². The summed E-state index contributed by atoms with van der Waals surface area (Å²) in [6, 6.07) is 2.00. The van der Waals surface area contributed by atoms with Gasteiger partial charge in [0.15, 0.2) is 0 Å².